The highest BCUT2D eigenvalue weighted by atomic mass is 17.2. The summed E-state index contributed by atoms with van der Waals surface area (Å²) in [6.45, 7) is 0. The first-order chi connectivity index (χ1) is 9.39. The van der Waals surface area contributed by atoms with Crippen LogP contribution in [0.3, 0.4) is 0 Å². The summed E-state index contributed by atoms with van der Waals surface area (Å²) in [4.78, 5) is 19.9. The molecule has 2 aliphatic rings. The Morgan fingerprint density at radius 3 is 1.32 bits per heavy atom. The normalized spacial score (nSPS) is 20.9. The molecule has 0 aromatic heterocycles. The molecule has 0 bridgehead atoms. The molecule has 108 valence electrons. The van der Waals surface area contributed by atoms with Crippen LogP contribution in [0.4, 0.5) is 0 Å². The second-order valence-electron chi connectivity index (χ2n) is 5.07. The Hall–Kier alpha value is -1.25. The zero-order valence-corrected chi connectivity index (χ0v) is 11.8. The molecule has 1 heterocycles. The van der Waals surface area contributed by atoms with Gasteiger partial charge in [0, 0.05) is 12.8 Å². The summed E-state index contributed by atoms with van der Waals surface area (Å²) in [7, 11) is 0. The van der Waals surface area contributed by atoms with Crippen LogP contribution in [0.2, 0.25) is 0 Å². The number of ketones is 1. The Balaban J connectivity index is 0.000000250. The second-order valence-corrected chi connectivity index (χ2v) is 5.07. The van der Waals surface area contributed by atoms with Crippen LogP contribution >= 0.6 is 0 Å². The van der Waals surface area contributed by atoms with Gasteiger partial charge in [-0.2, -0.15) is 0 Å². The highest BCUT2D eigenvalue weighted by molar-refractivity contribution is 5.78. The largest absolute Gasteiger partial charge is 0.300 e. The predicted molar refractivity (Wildman–Crippen MR) is 76.2 cm³/mol. The van der Waals surface area contributed by atoms with Crippen LogP contribution in [-0.2, 0) is 14.6 Å². The zero-order chi connectivity index (χ0) is 13.6. The van der Waals surface area contributed by atoms with E-state index < -0.39 is 0 Å². The van der Waals surface area contributed by atoms with Crippen molar-refractivity contribution in [3.8, 4) is 0 Å². The summed E-state index contributed by atoms with van der Waals surface area (Å²) >= 11 is 0. The van der Waals surface area contributed by atoms with Crippen LogP contribution in [0.1, 0.15) is 70.6 Å². The second kappa shape index (κ2) is 11.8. The molecular weight excluding hydrogens is 240 g/mol. The number of hydrogen-bond donors (Lipinski definition) is 0. The third kappa shape index (κ3) is 10.4. The number of rotatable bonds is 0. The number of Topliss-reactive ketones (excluding diaryl/α,β-unsaturated/α-hetero) is 1. The maximum Gasteiger partial charge on any atom is 0.142 e. The smallest absolute Gasteiger partial charge is 0.142 e. The van der Waals surface area contributed by atoms with E-state index in [0.717, 1.165) is 25.7 Å². The van der Waals surface area contributed by atoms with Gasteiger partial charge >= 0.3 is 0 Å². The minimum Gasteiger partial charge on any atom is -0.300 e. The van der Waals surface area contributed by atoms with Crippen LogP contribution < -0.4 is 0 Å². The van der Waals surface area contributed by atoms with Crippen molar-refractivity contribution in [3.05, 3.63) is 24.7 Å². The average molecular weight is 266 g/mol. The molecule has 0 aromatic carbocycles. The van der Waals surface area contributed by atoms with Crippen LogP contribution in [-0.4, -0.2) is 5.78 Å². The lowest BCUT2D eigenvalue weighted by Gasteiger charge is -2.05. The molecule has 0 atom stereocenters. The van der Waals surface area contributed by atoms with Gasteiger partial charge in [-0.1, -0.05) is 44.9 Å². The van der Waals surface area contributed by atoms with Crippen molar-refractivity contribution in [2.45, 2.75) is 70.6 Å². The SMILES string of the molecule is C1=COOC=C1.O=C1CCCCCCCCCCC1. The third-order valence-electron chi connectivity index (χ3n) is 3.35. The Bertz CT molecular complexity index is 256. The maximum absolute atomic E-state index is 11.3. The fraction of sp³-hybridized carbons (Fsp3) is 0.688. The molecule has 0 spiro atoms. The zero-order valence-electron chi connectivity index (χ0n) is 11.8. The molecule has 0 unspecified atom stereocenters. The van der Waals surface area contributed by atoms with E-state index in [0.29, 0.717) is 5.78 Å². The van der Waals surface area contributed by atoms with E-state index in [2.05, 4.69) is 9.78 Å². The number of carbonyl (C=O) groups excluding carboxylic acids is 1. The van der Waals surface area contributed by atoms with Crippen molar-refractivity contribution in [2.24, 2.45) is 0 Å². The number of carbonyl (C=O) groups is 1. The number of hydrogen-bond acceptors (Lipinski definition) is 3. The fourth-order valence-corrected chi connectivity index (χ4v) is 2.23. The first-order valence-corrected chi connectivity index (χ1v) is 7.55. The Labute approximate surface area is 116 Å². The third-order valence-corrected chi connectivity index (χ3v) is 3.35. The molecule has 0 N–H and O–H groups in total. The van der Waals surface area contributed by atoms with Crippen molar-refractivity contribution >= 4 is 5.78 Å². The van der Waals surface area contributed by atoms with Gasteiger partial charge in [0.2, 0.25) is 0 Å². The van der Waals surface area contributed by atoms with Gasteiger partial charge < -0.3 is 0 Å². The first kappa shape index (κ1) is 15.8. The van der Waals surface area contributed by atoms with Crippen molar-refractivity contribution in [1.29, 1.82) is 0 Å². The fourth-order valence-electron chi connectivity index (χ4n) is 2.23. The monoisotopic (exact) mass is 266 g/mol. The van der Waals surface area contributed by atoms with Crippen molar-refractivity contribution in [1.82, 2.24) is 0 Å². The lowest BCUT2D eigenvalue weighted by atomic mass is 10.0. The molecule has 1 aliphatic carbocycles. The van der Waals surface area contributed by atoms with Gasteiger partial charge in [0.05, 0.1) is 0 Å². The molecule has 1 fully saturated rings. The quantitative estimate of drug-likeness (QED) is 0.589. The maximum atomic E-state index is 11.3. The molecule has 3 nitrogen and oxygen atoms in total. The van der Waals surface area contributed by atoms with Crippen molar-refractivity contribution in [2.75, 3.05) is 0 Å². The van der Waals surface area contributed by atoms with E-state index in [4.69, 9.17) is 0 Å². The molecule has 19 heavy (non-hydrogen) atoms. The lowest BCUT2D eigenvalue weighted by Crippen LogP contribution is -1.98. The highest BCUT2D eigenvalue weighted by Gasteiger charge is 2.02. The topological polar surface area (TPSA) is 35.5 Å². The number of allylic oxidation sites excluding steroid dienone is 2. The van der Waals surface area contributed by atoms with Gasteiger partial charge in [0.1, 0.15) is 18.3 Å². The summed E-state index contributed by atoms with van der Waals surface area (Å²) in [5, 5.41) is 0. The van der Waals surface area contributed by atoms with E-state index in [1.54, 1.807) is 12.2 Å². The molecular formula is C16H26O3. The molecule has 0 amide bonds. The van der Waals surface area contributed by atoms with Crippen molar-refractivity contribution in [3.63, 3.8) is 0 Å². The van der Waals surface area contributed by atoms with Crippen LogP contribution in [0.15, 0.2) is 24.7 Å². The minimum absolute atomic E-state index is 0.501. The van der Waals surface area contributed by atoms with Gasteiger partial charge in [-0.05, 0) is 25.0 Å². The molecule has 2 rings (SSSR count). The van der Waals surface area contributed by atoms with Crippen molar-refractivity contribution < 1.29 is 14.6 Å². The summed E-state index contributed by atoms with van der Waals surface area (Å²) in [5.74, 6) is 0.501. The molecule has 0 radical (unpaired) electrons. The van der Waals surface area contributed by atoms with Crippen LogP contribution in [0.25, 0.3) is 0 Å². The standard InChI is InChI=1S/C12H22O.C4H4O2/c13-12-10-8-6-4-2-1-3-5-7-9-11-12;1-2-4-6-5-3-1/h1-11H2;1-4H. The molecule has 1 aliphatic heterocycles. The van der Waals surface area contributed by atoms with Gasteiger partial charge in [-0.3, -0.25) is 14.6 Å². The Morgan fingerprint density at radius 2 is 1.00 bits per heavy atom. The summed E-state index contributed by atoms with van der Waals surface area (Å²) in [6.07, 6.45) is 19.8. The Kier molecular flexibility index (Phi) is 9.83. The van der Waals surface area contributed by atoms with E-state index >= 15 is 0 Å². The molecule has 3 heteroatoms. The Morgan fingerprint density at radius 1 is 0.632 bits per heavy atom. The summed E-state index contributed by atoms with van der Waals surface area (Å²) in [5.41, 5.74) is 0. The minimum atomic E-state index is 0.501. The van der Waals surface area contributed by atoms with Gasteiger partial charge in [0.15, 0.2) is 0 Å². The first-order valence-electron chi connectivity index (χ1n) is 7.55. The average Bonchev–Trinajstić information content (AvgIpc) is 2.45. The molecule has 0 aromatic rings. The van der Waals surface area contributed by atoms with E-state index in [1.807, 2.05) is 0 Å². The van der Waals surface area contributed by atoms with Gasteiger partial charge in [-0.15, -0.1) is 0 Å². The van der Waals surface area contributed by atoms with Gasteiger partial charge in [-0.25, -0.2) is 0 Å². The lowest BCUT2D eigenvalue weighted by molar-refractivity contribution is -0.198. The highest BCUT2D eigenvalue weighted by Crippen LogP contribution is 2.14. The summed E-state index contributed by atoms with van der Waals surface area (Å²) < 4.78 is 0. The van der Waals surface area contributed by atoms with E-state index in [9.17, 15) is 4.79 Å². The van der Waals surface area contributed by atoms with Crippen LogP contribution in [0.5, 0.6) is 0 Å². The molecule has 1 saturated carbocycles. The van der Waals surface area contributed by atoms with E-state index in [-0.39, 0.29) is 0 Å². The van der Waals surface area contributed by atoms with Gasteiger partial charge in [0.25, 0.3) is 0 Å². The predicted octanol–water partition coefficient (Wildman–Crippen LogP) is 4.84. The molecule has 0 saturated heterocycles. The van der Waals surface area contributed by atoms with Crippen LogP contribution in [0, 0.1) is 0 Å². The summed E-state index contributed by atoms with van der Waals surface area (Å²) in [6, 6.07) is 0. The van der Waals surface area contributed by atoms with E-state index in [1.165, 1.54) is 57.5 Å².